The predicted octanol–water partition coefficient (Wildman–Crippen LogP) is 4.33. The number of nitrogens with zero attached hydrogens (tertiary/aromatic N) is 3. The molecule has 0 aliphatic carbocycles. The molecule has 0 aliphatic rings. The number of nitrogens with one attached hydrogen (secondary N) is 1. The lowest BCUT2D eigenvalue weighted by molar-refractivity contribution is -0.137. The number of carbonyl (C=O) groups excluding carboxylic acids is 1. The van der Waals surface area contributed by atoms with Crippen LogP contribution < -0.4 is 11.1 Å². The molecule has 0 bridgehead atoms. The Hall–Kier alpha value is -2.95. The van der Waals surface area contributed by atoms with E-state index in [1.54, 1.807) is 6.07 Å². The Bertz CT molecular complexity index is 1050. The van der Waals surface area contributed by atoms with Gasteiger partial charge >= 0.3 is 6.18 Å². The van der Waals surface area contributed by atoms with Crippen molar-refractivity contribution in [2.45, 2.75) is 13.1 Å². The molecule has 0 saturated heterocycles. The highest BCUT2D eigenvalue weighted by molar-refractivity contribution is 9.10. The van der Waals surface area contributed by atoms with Gasteiger partial charge < -0.3 is 11.1 Å². The molecule has 0 spiro atoms. The van der Waals surface area contributed by atoms with E-state index in [9.17, 15) is 22.4 Å². The minimum Gasteiger partial charge on any atom is -0.383 e. The molecule has 3 N–H and O–H groups in total. The van der Waals surface area contributed by atoms with Gasteiger partial charge in [-0.15, -0.1) is 0 Å². The van der Waals surface area contributed by atoms with Crippen LogP contribution in [-0.2, 0) is 6.18 Å². The topological polar surface area (TPSA) is 85.8 Å². The fourth-order valence-electron chi connectivity index (χ4n) is 2.48. The van der Waals surface area contributed by atoms with Crippen molar-refractivity contribution in [3.63, 3.8) is 0 Å². The van der Waals surface area contributed by atoms with Crippen LogP contribution in [0.15, 0.2) is 41.0 Å². The number of amides is 1. The number of benzene rings is 1. The van der Waals surface area contributed by atoms with Gasteiger partial charge in [0.05, 0.1) is 21.4 Å². The van der Waals surface area contributed by atoms with Crippen molar-refractivity contribution in [1.29, 1.82) is 0 Å². The maximum atomic E-state index is 13.8. The summed E-state index contributed by atoms with van der Waals surface area (Å²) in [7, 11) is 0. The zero-order valence-electron chi connectivity index (χ0n) is 14.2. The summed E-state index contributed by atoms with van der Waals surface area (Å²) in [4.78, 5) is 16.1. The van der Waals surface area contributed by atoms with Crippen LogP contribution in [0.2, 0.25) is 0 Å². The highest BCUT2D eigenvalue weighted by atomic mass is 79.9. The van der Waals surface area contributed by atoms with Crippen LogP contribution in [0, 0.1) is 12.7 Å². The molecule has 11 heteroatoms. The van der Waals surface area contributed by atoms with Crippen LogP contribution >= 0.6 is 15.9 Å². The SMILES string of the molecule is Cc1nn(-c2cccc(F)c2Br)c(N)c1C(=O)Nc1ccc(C(F)(F)F)cn1. The molecular formula is C17H12BrF4N5O. The molecule has 6 nitrogen and oxygen atoms in total. The number of aromatic nitrogens is 3. The molecule has 3 rings (SSSR count). The lowest BCUT2D eigenvalue weighted by atomic mass is 10.2. The van der Waals surface area contributed by atoms with E-state index in [4.69, 9.17) is 5.73 Å². The third-order valence-electron chi connectivity index (χ3n) is 3.82. The van der Waals surface area contributed by atoms with Gasteiger partial charge in [0.1, 0.15) is 23.0 Å². The number of alkyl halides is 3. The molecule has 2 heterocycles. The van der Waals surface area contributed by atoms with Gasteiger partial charge in [0, 0.05) is 6.20 Å². The number of hydrogen-bond acceptors (Lipinski definition) is 4. The lowest BCUT2D eigenvalue weighted by Gasteiger charge is -2.09. The van der Waals surface area contributed by atoms with E-state index >= 15 is 0 Å². The highest BCUT2D eigenvalue weighted by Crippen LogP contribution is 2.30. The van der Waals surface area contributed by atoms with E-state index in [0.717, 1.165) is 12.1 Å². The predicted molar refractivity (Wildman–Crippen MR) is 97.6 cm³/mol. The number of nitrogen functional groups attached to an aromatic ring is 1. The Morgan fingerprint density at radius 2 is 1.96 bits per heavy atom. The number of aryl methyl sites for hydroxylation is 1. The molecule has 0 radical (unpaired) electrons. The third kappa shape index (κ3) is 3.70. The number of halogens is 5. The van der Waals surface area contributed by atoms with Crippen molar-refractivity contribution < 1.29 is 22.4 Å². The smallest absolute Gasteiger partial charge is 0.383 e. The minimum absolute atomic E-state index is 0.00198. The van der Waals surface area contributed by atoms with Gasteiger partial charge in [-0.2, -0.15) is 18.3 Å². The summed E-state index contributed by atoms with van der Waals surface area (Å²) < 4.78 is 52.9. The number of anilines is 2. The fourth-order valence-corrected chi connectivity index (χ4v) is 2.91. The van der Waals surface area contributed by atoms with Crippen molar-refractivity contribution in [1.82, 2.24) is 14.8 Å². The summed E-state index contributed by atoms with van der Waals surface area (Å²) in [6.07, 6.45) is -3.92. The molecule has 28 heavy (non-hydrogen) atoms. The highest BCUT2D eigenvalue weighted by Gasteiger charge is 2.31. The zero-order chi connectivity index (χ0) is 20.6. The third-order valence-corrected chi connectivity index (χ3v) is 4.60. The number of carbonyl (C=O) groups is 1. The van der Waals surface area contributed by atoms with Crippen LogP contribution in [0.25, 0.3) is 5.69 Å². The Morgan fingerprint density at radius 3 is 2.57 bits per heavy atom. The van der Waals surface area contributed by atoms with Crippen LogP contribution in [0.3, 0.4) is 0 Å². The Balaban J connectivity index is 1.91. The summed E-state index contributed by atoms with van der Waals surface area (Å²) in [6.45, 7) is 1.52. The molecule has 0 aliphatic heterocycles. The van der Waals surface area contributed by atoms with Gasteiger partial charge in [-0.05, 0) is 47.1 Å². The van der Waals surface area contributed by atoms with Crippen molar-refractivity contribution >= 4 is 33.5 Å². The van der Waals surface area contributed by atoms with Gasteiger partial charge in [0.25, 0.3) is 5.91 Å². The second-order valence-electron chi connectivity index (χ2n) is 5.71. The molecule has 3 aromatic rings. The maximum absolute atomic E-state index is 13.8. The van der Waals surface area contributed by atoms with Gasteiger partial charge in [0.2, 0.25) is 0 Å². The Morgan fingerprint density at radius 1 is 1.25 bits per heavy atom. The average molecular weight is 458 g/mol. The van der Waals surface area contributed by atoms with E-state index in [2.05, 4.69) is 31.3 Å². The molecule has 0 fully saturated rings. The van der Waals surface area contributed by atoms with Gasteiger partial charge in [-0.25, -0.2) is 14.1 Å². The van der Waals surface area contributed by atoms with E-state index in [0.29, 0.717) is 6.20 Å². The Kier molecular flexibility index (Phi) is 5.11. The normalized spacial score (nSPS) is 11.5. The standard InChI is InChI=1S/C17H12BrF4N5O/c1-8-13(15(23)27(26-8)11-4-2-3-10(19)14(11)18)16(28)25-12-6-5-9(7-24-12)17(20,21)22/h2-7H,23H2,1H3,(H,24,25,28). The molecule has 2 aromatic heterocycles. The zero-order valence-corrected chi connectivity index (χ0v) is 15.8. The first kappa shape index (κ1) is 19.8. The maximum Gasteiger partial charge on any atom is 0.417 e. The number of pyridine rings is 1. The van der Waals surface area contributed by atoms with Crippen LogP contribution in [0.1, 0.15) is 21.6 Å². The van der Waals surface area contributed by atoms with Gasteiger partial charge in [-0.3, -0.25) is 4.79 Å². The van der Waals surface area contributed by atoms with Crippen LogP contribution in [-0.4, -0.2) is 20.7 Å². The van der Waals surface area contributed by atoms with E-state index < -0.39 is 23.5 Å². The summed E-state index contributed by atoms with van der Waals surface area (Å²) >= 11 is 3.10. The van der Waals surface area contributed by atoms with Crippen molar-refractivity contribution in [3.8, 4) is 5.69 Å². The molecule has 146 valence electrons. The first-order valence-corrected chi connectivity index (χ1v) is 8.53. The summed E-state index contributed by atoms with van der Waals surface area (Å²) in [6, 6.07) is 6.07. The molecule has 1 aromatic carbocycles. The van der Waals surface area contributed by atoms with Gasteiger partial charge in [0.15, 0.2) is 0 Å². The number of rotatable bonds is 3. The molecular weight excluding hydrogens is 446 g/mol. The van der Waals surface area contributed by atoms with E-state index in [-0.39, 0.29) is 33.1 Å². The largest absolute Gasteiger partial charge is 0.417 e. The van der Waals surface area contributed by atoms with Crippen LogP contribution in [0.5, 0.6) is 0 Å². The lowest BCUT2D eigenvalue weighted by Crippen LogP contribution is -2.16. The first-order chi connectivity index (χ1) is 13.1. The van der Waals surface area contributed by atoms with Crippen molar-refractivity contribution in [2.75, 3.05) is 11.1 Å². The Labute approximate surface area is 164 Å². The number of hydrogen-bond donors (Lipinski definition) is 2. The summed E-state index contributed by atoms with van der Waals surface area (Å²) in [5, 5.41) is 6.53. The molecule has 0 saturated carbocycles. The molecule has 0 atom stereocenters. The van der Waals surface area contributed by atoms with Crippen molar-refractivity contribution in [2.24, 2.45) is 0 Å². The van der Waals surface area contributed by atoms with Crippen LogP contribution in [0.4, 0.5) is 29.2 Å². The molecule has 0 unspecified atom stereocenters. The second-order valence-corrected chi connectivity index (χ2v) is 6.51. The summed E-state index contributed by atoms with van der Waals surface area (Å²) in [5.41, 5.74) is 5.61. The van der Waals surface area contributed by atoms with Crippen molar-refractivity contribution in [3.05, 3.63) is 63.6 Å². The quantitative estimate of drug-likeness (QED) is 0.573. The monoisotopic (exact) mass is 457 g/mol. The molecule has 1 amide bonds. The first-order valence-electron chi connectivity index (χ1n) is 7.73. The van der Waals surface area contributed by atoms with E-state index in [1.807, 2.05) is 0 Å². The average Bonchev–Trinajstić information content (AvgIpc) is 2.91. The van der Waals surface area contributed by atoms with E-state index in [1.165, 1.54) is 23.7 Å². The summed E-state index contributed by atoms with van der Waals surface area (Å²) in [5.74, 6) is -1.39. The second kappa shape index (κ2) is 7.23. The fraction of sp³-hybridized carbons (Fsp3) is 0.118. The van der Waals surface area contributed by atoms with Gasteiger partial charge in [-0.1, -0.05) is 6.07 Å². The number of nitrogens with two attached hydrogens (primary N) is 1. The minimum atomic E-state index is -4.53.